The summed E-state index contributed by atoms with van der Waals surface area (Å²) < 4.78 is 0. The fourth-order valence-corrected chi connectivity index (χ4v) is 2.32. The van der Waals surface area contributed by atoms with Crippen LogP contribution in [0.25, 0.3) is 0 Å². The van der Waals surface area contributed by atoms with Gasteiger partial charge in [-0.2, -0.15) is 0 Å². The second-order valence-electron chi connectivity index (χ2n) is 4.62. The van der Waals surface area contributed by atoms with Crippen molar-refractivity contribution >= 4 is 17.2 Å². The first kappa shape index (κ1) is 13.4. The number of hydrogen-bond acceptors (Lipinski definition) is 5. The Kier molecular flexibility index (Phi) is 3.44. The van der Waals surface area contributed by atoms with Crippen molar-refractivity contribution in [3.63, 3.8) is 0 Å². The number of phenolic OH excluding ortho intramolecular Hbond substituents is 2. The summed E-state index contributed by atoms with van der Waals surface area (Å²) in [7, 11) is 0. The molecule has 0 aliphatic carbocycles. The number of rotatable bonds is 3. The number of nitrogens with zero attached hydrogens (tertiary/aromatic N) is 1. The van der Waals surface area contributed by atoms with Gasteiger partial charge in [-0.05, 0) is 32.0 Å². The monoisotopic (exact) mass is 278 g/mol. The zero-order valence-electron chi connectivity index (χ0n) is 10.5. The minimum atomic E-state index is -0.598. The summed E-state index contributed by atoms with van der Waals surface area (Å²) >= 11 is 1.46. The van der Waals surface area contributed by atoms with Crippen molar-refractivity contribution in [1.29, 1.82) is 0 Å². The van der Waals surface area contributed by atoms with Gasteiger partial charge >= 0.3 is 0 Å². The Hall–Kier alpha value is -2.08. The molecule has 1 aromatic heterocycles. The highest BCUT2D eigenvalue weighted by Crippen LogP contribution is 2.26. The number of benzene rings is 1. The number of phenols is 2. The maximum Gasteiger partial charge on any atom is 0.252 e. The Morgan fingerprint density at radius 3 is 2.63 bits per heavy atom. The van der Waals surface area contributed by atoms with Crippen LogP contribution in [0.3, 0.4) is 0 Å². The van der Waals surface area contributed by atoms with Crippen LogP contribution >= 0.6 is 11.3 Å². The highest BCUT2D eigenvalue weighted by Gasteiger charge is 2.26. The summed E-state index contributed by atoms with van der Waals surface area (Å²) in [5, 5.41) is 24.1. The van der Waals surface area contributed by atoms with E-state index in [0.717, 1.165) is 5.01 Å². The van der Waals surface area contributed by atoms with E-state index in [-0.39, 0.29) is 23.0 Å². The summed E-state index contributed by atoms with van der Waals surface area (Å²) in [6.07, 6.45) is 1.68. The zero-order chi connectivity index (χ0) is 14.0. The molecule has 5 nitrogen and oxygen atoms in total. The molecule has 0 radical (unpaired) electrons. The summed E-state index contributed by atoms with van der Waals surface area (Å²) in [5.74, 6) is -0.911. The topological polar surface area (TPSA) is 82.5 Å². The van der Waals surface area contributed by atoms with Crippen molar-refractivity contribution < 1.29 is 15.0 Å². The number of aromatic nitrogens is 1. The first-order valence-electron chi connectivity index (χ1n) is 5.64. The number of nitrogens with one attached hydrogen (secondary N) is 1. The average Bonchev–Trinajstić information content (AvgIpc) is 2.86. The van der Waals surface area contributed by atoms with Crippen molar-refractivity contribution in [2.75, 3.05) is 0 Å². The van der Waals surface area contributed by atoms with E-state index in [2.05, 4.69) is 10.3 Å². The maximum absolute atomic E-state index is 12.1. The summed E-state index contributed by atoms with van der Waals surface area (Å²) in [6.45, 7) is 3.70. The summed E-state index contributed by atoms with van der Waals surface area (Å²) in [5.41, 5.74) is -0.321. The van der Waals surface area contributed by atoms with Gasteiger partial charge in [-0.15, -0.1) is 11.3 Å². The third kappa shape index (κ3) is 2.85. The van der Waals surface area contributed by atoms with E-state index < -0.39 is 5.54 Å². The van der Waals surface area contributed by atoms with Gasteiger partial charge in [0.05, 0.1) is 5.54 Å². The van der Waals surface area contributed by atoms with Crippen molar-refractivity contribution in [3.8, 4) is 11.5 Å². The van der Waals surface area contributed by atoms with Gasteiger partial charge in [-0.1, -0.05) is 0 Å². The minimum Gasteiger partial charge on any atom is -0.504 e. The fraction of sp³-hybridized carbons (Fsp3) is 0.231. The molecule has 1 heterocycles. The standard InChI is InChI=1S/C13H14N2O3S/c1-13(2,12-14-5-6-19-12)15-11(18)8-3-4-9(16)10(17)7-8/h3-7,16-17H,1-2H3,(H,15,18). The quantitative estimate of drug-likeness (QED) is 0.752. The number of thiazole rings is 1. The van der Waals surface area contributed by atoms with Gasteiger partial charge in [0.25, 0.3) is 5.91 Å². The van der Waals surface area contributed by atoms with E-state index in [1.165, 1.54) is 29.5 Å². The van der Waals surface area contributed by atoms with Crippen molar-refractivity contribution in [3.05, 3.63) is 40.3 Å². The van der Waals surface area contributed by atoms with Crippen molar-refractivity contribution in [1.82, 2.24) is 10.3 Å². The Morgan fingerprint density at radius 2 is 2.05 bits per heavy atom. The molecule has 0 fully saturated rings. The van der Waals surface area contributed by atoms with Crippen molar-refractivity contribution in [2.24, 2.45) is 0 Å². The average molecular weight is 278 g/mol. The van der Waals surface area contributed by atoms with Crippen LogP contribution in [0.1, 0.15) is 29.2 Å². The van der Waals surface area contributed by atoms with Gasteiger partial charge in [0, 0.05) is 17.1 Å². The number of carbonyl (C=O) groups is 1. The molecule has 0 aliphatic heterocycles. The van der Waals surface area contributed by atoms with Crippen LogP contribution in [0, 0.1) is 0 Å². The van der Waals surface area contributed by atoms with Gasteiger partial charge in [-0.25, -0.2) is 4.98 Å². The molecule has 0 bridgehead atoms. The molecule has 2 aromatic rings. The molecule has 1 aromatic carbocycles. The molecule has 1 amide bonds. The highest BCUT2D eigenvalue weighted by molar-refractivity contribution is 7.09. The number of carbonyl (C=O) groups excluding carboxylic acids is 1. The molecular weight excluding hydrogens is 264 g/mol. The summed E-state index contributed by atoms with van der Waals surface area (Å²) in [6, 6.07) is 3.95. The zero-order valence-corrected chi connectivity index (χ0v) is 11.4. The van der Waals surface area contributed by atoms with E-state index in [1.807, 2.05) is 19.2 Å². The van der Waals surface area contributed by atoms with E-state index in [0.29, 0.717) is 0 Å². The number of aromatic hydroxyl groups is 2. The van der Waals surface area contributed by atoms with Gasteiger partial charge < -0.3 is 15.5 Å². The lowest BCUT2D eigenvalue weighted by molar-refractivity contribution is 0.0911. The molecular formula is C13H14N2O3S. The first-order valence-corrected chi connectivity index (χ1v) is 6.52. The lowest BCUT2D eigenvalue weighted by atomic mass is 10.1. The predicted octanol–water partition coefficient (Wildman–Crippen LogP) is 2.22. The van der Waals surface area contributed by atoms with Crippen LogP contribution in [-0.2, 0) is 5.54 Å². The smallest absolute Gasteiger partial charge is 0.252 e. The van der Waals surface area contributed by atoms with Crippen molar-refractivity contribution in [2.45, 2.75) is 19.4 Å². The van der Waals surface area contributed by atoms with Crippen LogP contribution in [0.4, 0.5) is 0 Å². The summed E-state index contributed by atoms with van der Waals surface area (Å²) in [4.78, 5) is 16.3. The molecule has 0 atom stereocenters. The van der Waals surface area contributed by atoms with E-state index in [1.54, 1.807) is 6.20 Å². The van der Waals surface area contributed by atoms with Crippen LogP contribution in [0.2, 0.25) is 0 Å². The molecule has 6 heteroatoms. The molecule has 0 aliphatic rings. The van der Waals surface area contributed by atoms with E-state index >= 15 is 0 Å². The third-order valence-corrected chi connectivity index (χ3v) is 3.73. The molecule has 3 N–H and O–H groups in total. The fourth-order valence-electron chi connectivity index (χ4n) is 1.61. The number of hydrogen-bond donors (Lipinski definition) is 3. The first-order chi connectivity index (χ1) is 8.90. The minimum absolute atomic E-state index is 0.254. The highest BCUT2D eigenvalue weighted by atomic mass is 32.1. The number of amides is 1. The Bertz CT molecular complexity index is 594. The molecule has 19 heavy (non-hydrogen) atoms. The van der Waals surface area contributed by atoms with E-state index in [4.69, 9.17) is 0 Å². The van der Waals surface area contributed by atoms with Gasteiger partial charge in [0.15, 0.2) is 11.5 Å². The SMILES string of the molecule is CC(C)(NC(=O)c1ccc(O)c(O)c1)c1nccs1. The van der Waals surface area contributed by atoms with Gasteiger partial charge in [-0.3, -0.25) is 4.79 Å². The Balaban J connectivity index is 2.19. The molecule has 100 valence electrons. The maximum atomic E-state index is 12.1. The lowest BCUT2D eigenvalue weighted by Gasteiger charge is -2.23. The molecule has 0 spiro atoms. The molecule has 0 saturated heterocycles. The third-order valence-electron chi connectivity index (χ3n) is 2.63. The second kappa shape index (κ2) is 4.89. The van der Waals surface area contributed by atoms with Gasteiger partial charge in [0.2, 0.25) is 0 Å². The molecule has 0 saturated carbocycles. The molecule has 2 rings (SSSR count). The second-order valence-corrected chi connectivity index (χ2v) is 5.51. The van der Waals surface area contributed by atoms with Crippen LogP contribution in [0.5, 0.6) is 11.5 Å². The Labute approximate surface area is 114 Å². The van der Waals surface area contributed by atoms with Crippen LogP contribution in [-0.4, -0.2) is 21.1 Å². The van der Waals surface area contributed by atoms with Crippen LogP contribution in [0.15, 0.2) is 29.8 Å². The largest absolute Gasteiger partial charge is 0.504 e. The normalized spacial score (nSPS) is 11.3. The lowest BCUT2D eigenvalue weighted by Crippen LogP contribution is -2.40. The Morgan fingerprint density at radius 1 is 1.32 bits per heavy atom. The molecule has 0 unspecified atom stereocenters. The predicted molar refractivity (Wildman–Crippen MR) is 72.4 cm³/mol. The van der Waals surface area contributed by atoms with Crippen LogP contribution < -0.4 is 5.32 Å². The van der Waals surface area contributed by atoms with Gasteiger partial charge in [0.1, 0.15) is 5.01 Å². The van der Waals surface area contributed by atoms with E-state index in [9.17, 15) is 15.0 Å².